The summed E-state index contributed by atoms with van der Waals surface area (Å²) in [6.07, 6.45) is 6.03. The zero-order valence-corrected chi connectivity index (χ0v) is 15.6. The van der Waals surface area contributed by atoms with Gasteiger partial charge in [0.15, 0.2) is 0 Å². The van der Waals surface area contributed by atoms with Crippen LogP contribution < -0.4 is 15.4 Å². The lowest BCUT2D eigenvalue weighted by molar-refractivity contribution is -0.132. The molecule has 27 heavy (non-hydrogen) atoms. The predicted molar refractivity (Wildman–Crippen MR) is 97.9 cm³/mol. The summed E-state index contributed by atoms with van der Waals surface area (Å²) < 4.78 is 5.43. The molecule has 0 bridgehead atoms. The van der Waals surface area contributed by atoms with Crippen LogP contribution in [0, 0.1) is 0 Å². The van der Waals surface area contributed by atoms with Gasteiger partial charge in [-0.3, -0.25) is 14.5 Å². The quantitative estimate of drug-likeness (QED) is 0.708. The molecule has 0 aromatic carbocycles. The first-order valence-corrected chi connectivity index (χ1v) is 9.53. The molecule has 2 fully saturated rings. The standard InChI is InChI=1S/C19H26N4O4/c1-2-27-16-14(7-6-11-20-16)13-21-15(24)8-12-23-17(25)19(22-18(23)26)9-4-3-5-10-19/h6-7,11H,2-5,8-10,12-13H2,1H3,(H,21,24)(H,22,26). The zero-order valence-electron chi connectivity index (χ0n) is 15.6. The summed E-state index contributed by atoms with van der Waals surface area (Å²) in [5.74, 6) is 0.0750. The molecule has 0 unspecified atom stereocenters. The van der Waals surface area contributed by atoms with Crippen molar-refractivity contribution in [2.24, 2.45) is 0 Å². The molecule has 1 aliphatic carbocycles. The van der Waals surface area contributed by atoms with E-state index < -0.39 is 5.54 Å². The molecule has 1 aliphatic heterocycles. The number of aromatic nitrogens is 1. The van der Waals surface area contributed by atoms with Crippen LogP contribution in [0.4, 0.5) is 4.79 Å². The number of carbonyl (C=O) groups excluding carboxylic acids is 3. The molecule has 8 heteroatoms. The van der Waals surface area contributed by atoms with E-state index >= 15 is 0 Å². The third-order valence-corrected chi connectivity index (χ3v) is 5.12. The first-order valence-electron chi connectivity index (χ1n) is 9.53. The third kappa shape index (κ3) is 4.20. The SMILES string of the molecule is CCOc1ncccc1CNC(=O)CCN1C(=O)NC2(CCCCC2)C1=O. The van der Waals surface area contributed by atoms with E-state index in [1.54, 1.807) is 12.3 Å². The Kier molecular flexibility index (Phi) is 5.93. The van der Waals surface area contributed by atoms with Crippen molar-refractivity contribution in [2.45, 2.75) is 57.5 Å². The highest BCUT2D eigenvalue weighted by Crippen LogP contribution is 2.33. The number of imide groups is 1. The second-order valence-electron chi connectivity index (χ2n) is 6.96. The van der Waals surface area contributed by atoms with Gasteiger partial charge in [-0.15, -0.1) is 0 Å². The molecular formula is C19H26N4O4. The monoisotopic (exact) mass is 374 g/mol. The number of ether oxygens (including phenoxy) is 1. The van der Waals surface area contributed by atoms with Gasteiger partial charge in [-0.25, -0.2) is 9.78 Å². The van der Waals surface area contributed by atoms with Gasteiger partial charge in [-0.1, -0.05) is 25.3 Å². The van der Waals surface area contributed by atoms with E-state index in [1.165, 1.54) is 4.90 Å². The minimum absolute atomic E-state index is 0.0689. The number of carbonyl (C=O) groups is 3. The van der Waals surface area contributed by atoms with Crippen LogP contribution in [0.1, 0.15) is 51.0 Å². The lowest BCUT2D eigenvalue weighted by atomic mass is 9.82. The molecule has 0 radical (unpaired) electrons. The van der Waals surface area contributed by atoms with Crippen LogP contribution in [0.5, 0.6) is 5.88 Å². The summed E-state index contributed by atoms with van der Waals surface area (Å²) in [5.41, 5.74) is 0.0392. The van der Waals surface area contributed by atoms with E-state index in [9.17, 15) is 14.4 Å². The van der Waals surface area contributed by atoms with E-state index in [1.807, 2.05) is 13.0 Å². The minimum Gasteiger partial charge on any atom is -0.478 e. The van der Waals surface area contributed by atoms with E-state index in [0.29, 0.717) is 25.3 Å². The molecule has 8 nitrogen and oxygen atoms in total. The van der Waals surface area contributed by atoms with E-state index in [4.69, 9.17) is 4.74 Å². The zero-order chi connectivity index (χ0) is 19.3. The molecule has 1 saturated carbocycles. The Balaban J connectivity index is 1.51. The summed E-state index contributed by atoms with van der Waals surface area (Å²) in [4.78, 5) is 42.4. The number of hydrogen-bond acceptors (Lipinski definition) is 5. The molecule has 2 N–H and O–H groups in total. The molecular weight excluding hydrogens is 348 g/mol. The normalized spacial score (nSPS) is 18.5. The van der Waals surface area contributed by atoms with Crippen LogP contribution in [0.2, 0.25) is 0 Å². The average Bonchev–Trinajstić information content (AvgIpc) is 2.89. The number of amides is 4. The number of urea groups is 1. The molecule has 4 amide bonds. The van der Waals surface area contributed by atoms with Gasteiger partial charge >= 0.3 is 6.03 Å². The van der Waals surface area contributed by atoms with E-state index in [2.05, 4.69) is 15.6 Å². The first-order chi connectivity index (χ1) is 13.1. The summed E-state index contributed by atoms with van der Waals surface area (Å²) in [6, 6.07) is 3.23. The van der Waals surface area contributed by atoms with Gasteiger partial charge in [0.05, 0.1) is 6.61 Å². The smallest absolute Gasteiger partial charge is 0.325 e. The molecule has 0 atom stereocenters. The van der Waals surface area contributed by atoms with Crippen molar-refractivity contribution in [3.63, 3.8) is 0 Å². The van der Waals surface area contributed by atoms with Crippen LogP contribution >= 0.6 is 0 Å². The highest BCUT2D eigenvalue weighted by Gasteiger charge is 2.50. The van der Waals surface area contributed by atoms with Gasteiger partial charge in [0, 0.05) is 31.3 Å². The maximum Gasteiger partial charge on any atom is 0.325 e. The van der Waals surface area contributed by atoms with Gasteiger partial charge in [0.2, 0.25) is 11.8 Å². The Hall–Kier alpha value is -2.64. The summed E-state index contributed by atoms with van der Waals surface area (Å²) in [5, 5.41) is 5.65. The largest absolute Gasteiger partial charge is 0.478 e. The maximum absolute atomic E-state index is 12.7. The summed E-state index contributed by atoms with van der Waals surface area (Å²) in [6.45, 7) is 2.73. The van der Waals surface area contributed by atoms with Crippen molar-refractivity contribution >= 4 is 17.8 Å². The van der Waals surface area contributed by atoms with Gasteiger partial charge in [0.1, 0.15) is 5.54 Å². The number of rotatable bonds is 7. The summed E-state index contributed by atoms with van der Waals surface area (Å²) in [7, 11) is 0. The van der Waals surface area contributed by atoms with Crippen molar-refractivity contribution in [1.82, 2.24) is 20.5 Å². The van der Waals surface area contributed by atoms with Crippen LogP contribution in [0.25, 0.3) is 0 Å². The Labute approximate surface area is 158 Å². The van der Waals surface area contributed by atoms with Crippen molar-refractivity contribution in [3.8, 4) is 5.88 Å². The number of pyridine rings is 1. The van der Waals surface area contributed by atoms with Crippen LogP contribution in [-0.2, 0) is 16.1 Å². The second-order valence-corrected chi connectivity index (χ2v) is 6.96. The topological polar surface area (TPSA) is 101 Å². The number of hydrogen-bond donors (Lipinski definition) is 2. The van der Waals surface area contributed by atoms with Crippen molar-refractivity contribution < 1.29 is 19.1 Å². The molecule has 1 spiro atoms. The molecule has 1 aromatic rings. The molecule has 1 saturated heterocycles. The second kappa shape index (κ2) is 8.37. The van der Waals surface area contributed by atoms with Crippen molar-refractivity contribution in [3.05, 3.63) is 23.9 Å². The molecule has 3 rings (SSSR count). The minimum atomic E-state index is -0.742. The van der Waals surface area contributed by atoms with Gasteiger partial charge < -0.3 is 15.4 Å². The van der Waals surface area contributed by atoms with Crippen LogP contribution in [-0.4, -0.2) is 46.4 Å². The third-order valence-electron chi connectivity index (χ3n) is 5.12. The van der Waals surface area contributed by atoms with Gasteiger partial charge in [-0.2, -0.15) is 0 Å². The predicted octanol–water partition coefficient (Wildman–Crippen LogP) is 1.74. The fourth-order valence-corrected chi connectivity index (χ4v) is 3.69. The number of nitrogens with one attached hydrogen (secondary N) is 2. The fraction of sp³-hybridized carbons (Fsp3) is 0.579. The van der Waals surface area contributed by atoms with Gasteiger partial charge in [0.25, 0.3) is 5.91 Å². The maximum atomic E-state index is 12.7. The van der Waals surface area contributed by atoms with Gasteiger partial charge in [-0.05, 0) is 25.8 Å². The lowest BCUT2D eigenvalue weighted by Crippen LogP contribution is -2.48. The van der Waals surface area contributed by atoms with Crippen molar-refractivity contribution in [1.29, 1.82) is 0 Å². The lowest BCUT2D eigenvalue weighted by Gasteiger charge is -2.30. The Bertz CT molecular complexity index is 715. The molecule has 2 heterocycles. The molecule has 146 valence electrons. The average molecular weight is 374 g/mol. The first kappa shape index (κ1) is 19.1. The molecule has 1 aromatic heterocycles. The fourth-order valence-electron chi connectivity index (χ4n) is 3.69. The Morgan fingerprint density at radius 2 is 2.11 bits per heavy atom. The van der Waals surface area contributed by atoms with E-state index in [0.717, 1.165) is 24.8 Å². The molecule has 2 aliphatic rings. The highest BCUT2D eigenvalue weighted by molar-refractivity contribution is 6.07. The van der Waals surface area contributed by atoms with Crippen LogP contribution in [0.15, 0.2) is 18.3 Å². The summed E-state index contributed by atoms with van der Waals surface area (Å²) >= 11 is 0. The Morgan fingerprint density at radius 3 is 2.85 bits per heavy atom. The van der Waals surface area contributed by atoms with Crippen LogP contribution in [0.3, 0.4) is 0 Å². The van der Waals surface area contributed by atoms with Crippen molar-refractivity contribution in [2.75, 3.05) is 13.2 Å². The highest BCUT2D eigenvalue weighted by atomic mass is 16.5. The Morgan fingerprint density at radius 1 is 1.33 bits per heavy atom. The number of nitrogens with zero attached hydrogens (tertiary/aromatic N) is 2. The van der Waals surface area contributed by atoms with E-state index in [-0.39, 0.29) is 37.4 Å².